The molecule has 12 aromatic rings. The number of benzene rings is 10. The first-order chi connectivity index (χ1) is 33.3. The molecule has 314 valence electrons. The Morgan fingerprint density at radius 1 is 0.254 bits per heavy atom. The van der Waals surface area contributed by atoms with Crippen molar-refractivity contribution < 1.29 is 0 Å². The summed E-state index contributed by atoms with van der Waals surface area (Å²) in [6.07, 6.45) is 0. The predicted molar refractivity (Wildman–Crippen MR) is 282 cm³/mol. The zero-order valence-corrected chi connectivity index (χ0v) is 36.8. The van der Waals surface area contributed by atoms with Gasteiger partial charge in [-0.15, -0.1) is 0 Å². The van der Waals surface area contributed by atoms with E-state index in [0.29, 0.717) is 0 Å². The van der Waals surface area contributed by atoms with Crippen molar-refractivity contribution in [3.05, 3.63) is 267 Å². The van der Waals surface area contributed by atoms with Crippen molar-refractivity contribution >= 4 is 21.8 Å². The smallest absolute Gasteiger partial charge is 0.0715 e. The normalized spacial score (nSPS) is 11.3. The van der Waals surface area contributed by atoms with Crippen molar-refractivity contribution in [1.29, 1.82) is 0 Å². The van der Waals surface area contributed by atoms with Crippen molar-refractivity contribution in [3.63, 3.8) is 0 Å². The molecule has 0 aliphatic rings. The lowest BCUT2D eigenvalue weighted by Gasteiger charge is -2.24. The van der Waals surface area contributed by atoms with Crippen LogP contribution < -0.4 is 0 Å². The monoisotopic (exact) mass is 852 g/mol. The zero-order chi connectivity index (χ0) is 44.5. The third-order valence-electron chi connectivity index (χ3n) is 13.0. The number of nitrogens with zero attached hydrogens (tertiary/aromatic N) is 2. The van der Waals surface area contributed by atoms with E-state index >= 15 is 0 Å². The van der Waals surface area contributed by atoms with Crippen molar-refractivity contribution in [2.75, 3.05) is 0 Å². The third-order valence-corrected chi connectivity index (χ3v) is 13.0. The van der Waals surface area contributed by atoms with Gasteiger partial charge in [-0.1, -0.05) is 237 Å². The minimum atomic E-state index is 0.941. The minimum absolute atomic E-state index is 0.941. The molecule has 0 unspecified atom stereocenters. The molecule has 2 aromatic heterocycles. The topological polar surface area (TPSA) is 17.8 Å². The number of para-hydroxylation sites is 1. The quantitative estimate of drug-likeness (QED) is 0.141. The van der Waals surface area contributed by atoms with Crippen molar-refractivity contribution in [1.82, 2.24) is 9.55 Å². The molecule has 0 aliphatic heterocycles. The van der Waals surface area contributed by atoms with Crippen LogP contribution in [-0.2, 0) is 0 Å². The molecule has 0 aliphatic carbocycles. The molecule has 0 fully saturated rings. The molecule has 0 spiro atoms. The number of rotatable bonds is 9. The van der Waals surface area contributed by atoms with Gasteiger partial charge < -0.3 is 4.57 Å². The first-order valence-corrected chi connectivity index (χ1v) is 23.0. The molecule has 0 saturated heterocycles. The number of hydrogen-bond donors (Lipinski definition) is 0. The van der Waals surface area contributed by atoms with Crippen LogP contribution in [0, 0.1) is 0 Å². The maximum absolute atomic E-state index is 5.23. The van der Waals surface area contributed by atoms with E-state index in [4.69, 9.17) is 4.98 Å². The Morgan fingerprint density at radius 3 is 1.12 bits per heavy atom. The molecule has 2 heterocycles. The van der Waals surface area contributed by atoms with Gasteiger partial charge in [0, 0.05) is 44.3 Å². The van der Waals surface area contributed by atoms with Crippen LogP contribution in [0.15, 0.2) is 267 Å². The van der Waals surface area contributed by atoms with Crippen LogP contribution in [0.3, 0.4) is 0 Å². The van der Waals surface area contributed by atoms with Gasteiger partial charge in [0.1, 0.15) is 0 Å². The Labute approximate surface area is 391 Å². The molecule has 2 nitrogen and oxygen atoms in total. The number of fused-ring (bicyclic) bond motifs is 3. The zero-order valence-electron chi connectivity index (χ0n) is 36.8. The van der Waals surface area contributed by atoms with Gasteiger partial charge in [0.15, 0.2) is 0 Å². The van der Waals surface area contributed by atoms with Gasteiger partial charge >= 0.3 is 0 Å². The number of aromatic nitrogens is 2. The Bertz CT molecular complexity index is 3600. The largest absolute Gasteiger partial charge is 0.309 e. The summed E-state index contributed by atoms with van der Waals surface area (Å²) in [6.45, 7) is 0. The maximum atomic E-state index is 5.23. The second kappa shape index (κ2) is 17.3. The van der Waals surface area contributed by atoms with E-state index in [-0.39, 0.29) is 0 Å². The highest BCUT2D eigenvalue weighted by atomic mass is 15.0. The van der Waals surface area contributed by atoms with Gasteiger partial charge in [-0.2, -0.15) is 0 Å². The van der Waals surface area contributed by atoms with Crippen LogP contribution in [0.1, 0.15) is 0 Å². The molecular weight excluding hydrogens is 809 g/mol. The first kappa shape index (κ1) is 39.7. The van der Waals surface area contributed by atoms with Gasteiger partial charge in [-0.25, -0.2) is 4.98 Å². The molecule has 0 radical (unpaired) electrons. The summed E-state index contributed by atoms with van der Waals surface area (Å²) in [4.78, 5) is 5.23. The molecule has 67 heavy (non-hydrogen) atoms. The lowest BCUT2D eigenvalue weighted by atomic mass is 9.80. The van der Waals surface area contributed by atoms with Crippen LogP contribution in [0.5, 0.6) is 0 Å². The minimum Gasteiger partial charge on any atom is -0.309 e. The summed E-state index contributed by atoms with van der Waals surface area (Å²) in [6, 6.07) is 96.2. The van der Waals surface area contributed by atoms with Crippen LogP contribution >= 0.6 is 0 Å². The molecule has 0 amide bonds. The summed E-state index contributed by atoms with van der Waals surface area (Å²) in [5.74, 6) is 0. The Kier molecular flexibility index (Phi) is 10.2. The van der Waals surface area contributed by atoms with Gasteiger partial charge in [0.05, 0.1) is 22.4 Å². The van der Waals surface area contributed by atoms with E-state index in [2.05, 4.69) is 271 Å². The van der Waals surface area contributed by atoms with E-state index < -0.39 is 0 Å². The van der Waals surface area contributed by atoms with Crippen molar-refractivity contribution in [2.45, 2.75) is 0 Å². The first-order valence-electron chi connectivity index (χ1n) is 23.0. The lowest BCUT2D eigenvalue weighted by molar-refractivity contribution is 1.18. The molecule has 2 heteroatoms. The Balaban J connectivity index is 1.13. The fourth-order valence-corrected chi connectivity index (χ4v) is 9.93. The number of hydrogen-bond acceptors (Lipinski definition) is 1. The standard InChI is InChI=1S/C65H44N2/c1-8-22-45(23-9-1)54-42-57(47-24-10-2-11-25-47)66-58(43-54)48-38-36-46(37-39-48)53-40-41-56-59(44-53)67(55-34-20-7-21-35-55)65-63(52-32-18-6-19-33-52)61(50-28-14-4-15-29-50)60(49-26-12-3-13-27-49)62(64(56)65)51-30-16-5-17-31-51/h1-44H. The highest BCUT2D eigenvalue weighted by molar-refractivity contribution is 6.26. The summed E-state index contributed by atoms with van der Waals surface area (Å²) < 4.78 is 2.52. The fraction of sp³-hybridized carbons (Fsp3) is 0. The summed E-state index contributed by atoms with van der Waals surface area (Å²) in [5.41, 5.74) is 21.6. The summed E-state index contributed by atoms with van der Waals surface area (Å²) in [5, 5.41) is 2.42. The second-order valence-corrected chi connectivity index (χ2v) is 17.0. The highest BCUT2D eigenvalue weighted by Crippen LogP contribution is 2.54. The number of pyridine rings is 1. The second-order valence-electron chi connectivity index (χ2n) is 17.0. The van der Waals surface area contributed by atoms with Crippen molar-refractivity contribution in [3.8, 4) is 95.0 Å². The van der Waals surface area contributed by atoms with Gasteiger partial charge in [-0.3, -0.25) is 0 Å². The Hall–Kier alpha value is -8.85. The van der Waals surface area contributed by atoms with E-state index in [1.54, 1.807) is 0 Å². The average molecular weight is 853 g/mol. The van der Waals surface area contributed by atoms with Crippen LogP contribution in [-0.4, -0.2) is 9.55 Å². The SMILES string of the molecule is c1ccc(-c2cc(-c3ccccc3)nc(-c3ccc(-c4ccc5c6c(-c7ccccc7)c(-c7ccccc7)c(-c7ccccc7)c(-c7ccccc7)c6n(-c6ccccc6)c5c4)cc3)c2)cc1. The maximum Gasteiger partial charge on any atom is 0.0715 e. The fourth-order valence-electron chi connectivity index (χ4n) is 9.93. The van der Waals surface area contributed by atoms with Crippen LogP contribution in [0.2, 0.25) is 0 Å². The van der Waals surface area contributed by atoms with Gasteiger partial charge in [0.2, 0.25) is 0 Å². The molecule has 0 N–H and O–H groups in total. The lowest BCUT2D eigenvalue weighted by Crippen LogP contribution is -2.00. The van der Waals surface area contributed by atoms with Crippen LogP contribution in [0.4, 0.5) is 0 Å². The molecular formula is C65H44N2. The van der Waals surface area contributed by atoms with E-state index in [0.717, 1.165) is 50.4 Å². The molecule has 0 atom stereocenters. The van der Waals surface area contributed by atoms with Gasteiger partial charge in [0.25, 0.3) is 0 Å². The average Bonchev–Trinajstić information content (AvgIpc) is 3.76. The molecule has 0 saturated carbocycles. The molecule has 10 aromatic carbocycles. The van der Waals surface area contributed by atoms with E-state index in [1.807, 2.05) is 0 Å². The highest BCUT2D eigenvalue weighted by Gasteiger charge is 2.29. The Morgan fingerprint density at radius 2 is 0.612 bits per heavy atom. The van der Waals surface area contributed by atoms with E-state index in [9.17, 15) is 0 Å². The van der Waals surface area contributed by atoms with Crippen LogP contribution in [0.25, 0.3) is 117 Å². The van der Waals surface area contributed by atoms with Crippen molar-refractivity contribution in [2.24, 2.45) is 0 Å². The third kappa shape index (κ3) is 7.32. The summed E-state index contributed by atoms with van der Waals surface area (Å²) in [7, 11) is 0. The summed E-state index contributed by atoms with van der Waals surface area (Å²) >= 11 is 0. The van der Waals surface area contributed by atoms with E-state index in [1.165, 1.54) is 66.4 Å². The van der Waals surface area contributed by atoms with Gasteiger partial charge in [-0.05, 0) is 80.4 Å². The predicted octanol–water partition coefficient (Wildman–Crippen LogP) is 17.5. The molecule has 12 rings (SSSR count). The molecule has 0 bridgehead atoms.